The predicted molar refractivity (Wildman–Crippen MR) is 75.5 cm³/mol. The Morgan fingerprint density at radius 1 is 1.24 bits per heavy atom. The van der Waals surface area contributed by atoms with Gasteiger partial charge >= 0.3 is 6.18 Å². The molecule has 3 nitrogen and oxygen atoms in total. The third-order valence-electron chi connectivity index (χ3n) is 3.09. The molecule has 0 radical (unpaired) electrons. The molecule has 0 fully saturated rings. The zero-order chi connectivity index (χ0) is 15.7. The van der Waals surface area contributed by atoms with Crippen molar-refractivity contribution in [2.24, 2.45) is 0 Å². The van der Waals surface area contributed by atoms with Crippen molar-refractivity contribution in [3.63, 3.8) is 0 Å². The first-order chi connectivity index (χ1) is 9.94. The van der Waals surface area contributed by atoms with Gasteiger partial charge in [0.25, 0.3) is 0 Å². The molecular weight excluding hydrogens is 283 g/mol. The standard InChI is InChI=1S/C15H22F3NO2/c1-12-5-3-4-6-14(12)13(9-19-7-8-20-2)10-21-11-15(16,17)18/h3-6,13,19H,7-11H2,1-2H3. The van der Waals surface area contributed by atoms with Crippen LogP contribution in [0.2, 0.25) is 0 Å². The fourth-order valence-corrected chi connectivity index (χ4v) is 2.07. The van der Waals surface area contributed by atoms with E-state index in [1.807, 2.05) is 31.2 Å². The summed E-state index contributed by atoms with van der Waals surface area (Å²) in [6, 6.07) is 7.66. The number of alkyl halides is 3. The van der Waals surface area contributed by atoms with Gasteiger partial charge in [-0.05, 0) is 18.1 Å². The third-order valence-corrected chi connectivity index (χ3v) is 3.09. The zero-order valence-corrected chi connectivity index (χ0v) is 12.4. The summed E-state index contributed by atoms with van der Waals surface area (Å²) in [5.41, 5.74) is 2.05. The van der Waals surface area contributed by atoms with Crippen molar-refractivity contribution in [2.45, 2.75) is 19.0 Å². The van der Waals surface area contributed by atoms with Crippen LogP contribution in [-0.2, 0) is 9.47 Å². The number of ether oxygens (including phenoxy) is 2. The van der Waals surface area contributed by atoms with Gasteiger partial charge in [-0.2, -0.15) is 13.2 Å². The molecule has 0 bridgehead atoms. The van der Waals surface area contributed by atoms with Gasteiger partial charge in [-0.15, -0.1) is 0 Å². The van der Waals surface area contributed by atoms with E-state index < -0.39 is 12.8 Å². The molecule has 0 aromatic heterocycles. The average molecular weight is 305 g/mol. The molecule has 120 valence electrons. The monoisotopic (exact) mass is 305 g/mol. The Bertz CT molecular complexity index is 410. The minimum atomic E-state index is -4.29. The van der Waals surface area contributed by atoms with Gasteiger partial charge in [-0.25, -0.2) is 0 Å². The molecule has 1 unspecified atom stereocenters. The maximum atomic E-state index is 12.2. The van der Waals surface area contributed by atoms with Crippen LogP contribution < -0.4 is 5.32 Å². The molecular formula is C15H22F3NO2. The number of methoxy groups -OCH3 is 1. The summed E-state index contributed by atoms with van der Waals surface area (Å²) in [7, 11) is 1.60. The van der Waals surface area contributed by atoms with Crippen LogP contribution in [0.5, 0.6) is 0 Å². The Morgan fingerprint density at radius 3 is 2.57 bits per heavy atom. The van der Waals surface area contributed by atoms with E-state index in [-0.39, 0.29) is 12.5 Å². The third kappa shape index (κ3) is 7.45. The minimum absolute atomic E-state index is 0.0321. The van der Waals surface area contributed by atoms with E-state index in [0.29, 0.717) is 19.7 Å². The van der Waals surface area contributed by atoms with Crippen molar-refractivity contribution in [1.29, 1.82) is 0 Å². The molecule has 0 spiro atoms. The normalized spacial score (nSPS) is 13.4. The summed E-state index contributed by atoms with van der Waals surface area (Å²) >= 11 is 0. The fourth-order valence-electron chi connectivity index (χ4n) is 2.07. The summed E-state index contributed by atoms with van der Waals surface area (Å²) in [4.78, 5) is 0. The van der Waals surface area contributed by atoms with E-state index in [4.69, 9.17) is 9.47 Å². The molecule has 0 aliphatic carbocycles. The van der Waals surface area contributed by atoms with Crippen LogP contribution in [0.25, 0.3) is 0 Å². The van der Waals surface area contributed by atoms with Gasteiger partial charge in [0.2, 0.25) is 0 Å². The Kier molecular flexibility index (Phi) is 7.71. The van der Waals surface area contributed by atoms with E-state index in [0.717, 1.165) is 11.1 Å². The van der Waals surface area contributed by atoms with Crippen LogP contribution in [0, 0.1) is 6.92 Å². The number of hydrogen-bond acceptors (Lipinski definition) is 3. The van der Waals surface area contributed by atoms with Crippen molar-refractivity contribution in [3.8, 4) is 0 Å². The van der Waals surface area contributed by atoms with E-state index >= 15 is 0 Å². The lowest BCUT2D eigenvalue weighted by molar-refractivity contribution is -0.174. The molecule has 1 rings (SSSR count). The van der Waals surface area contributed by atoms with Gasteiger partial charge in [0.1, 0.15) is 6.61 Å². The molecule has 1 aromatic rings. The van der Waals surface area contributed by atoms with Gasteiger partial charge in [-0.1, -0.05) is 24.3 Å². The molecule has 0 heterocycles. The van der Waals surface area contributed by atoms with Crippen LogP contribution in [0.1, 0.15) is 17.0 Å². The average Bonchev–Trinajstić information content (AvgIpc) is 2.41. The van der Waals surface area contributed by atoms with Gasteiger partial charge in [0, 0.05) is 26.1 Å². The Hall–Kier alpha value is -1.11. The second-order valence-corrected chi connectivity index (χ2v) is 4.88. The first-order valence-electron chi connectivity index (χ1n) is 6.83. The molecule has 1 N–H and O–H groups in total. The molecule has 21 heavy (non-hydrogen) atoms. The highest BCUT2D eigenvalue weighted by atomic mass is 19.4. The van der Waals surface area contributed by atoms with Crippen LogP contribution in [0.15, 0.2) is 24.3 Å². The molecule has 6 heteroatoms. The van der Waals surface area contributed by atoms with Gasteiger partial charge in [0.15, 0.2) is 0 Å². The molecule has 1 aromatic carbocycles. The summed E-state index contributed by atoms with van der Waals surface area (Å²) in [6.07, 6.45) is -4.29. The van der Waals surface area contributed by atoms with Crippen LogP contribution in [-0.4, -0.2) is 46.2 Å². The van der Waals surface area contributed by atoms with Crippen molar-refractivity contribution >= 4 is 0 Å². The van der Waals surface area contributed by atoms with Crippen LogP contribution >= 0.6 is 0 Å². The lowest BCUT2D eigenvalue weighted by atomic mass is 9.95. The zero-order valence-electron chi connectivity index (χ0n) is 12.4. The largest absolute Gasteiger partial charge is 0.411 e. The summed E-state index contributed by atoms with van der Waals surface area (Å²) in [6.45, 7) is 2.52. The topological polar surface area (TPSA) is 30.5 Å². The molecule has 1 atom stereocenters. The van der Waals surface area contributed by atoms with Crippen molar-refractivity contribution < 1.29 is 22.6 Å². The first-order valence-corrected chi connectivity index (χ1v) is 6.83. The minimum Gasteiger partial charge on any atom is -0.383 e. The second-order valence-electron chi connectivity index (χ2n) is 4.88. The lowest BCUT2D eigenvalue weighted by Gasteiger charge is -2.20. The predicted octanol–water partition coefficient (Wildman–Crippen LogP) is 2.89. The Balaban J connectivity index is 2.59. The highest BCUT2D eigenvalue weighted by molar-refractivity contribution is 5.29. The van der Waals surface area contributed by atoms with Crippen molar-refractivity contribution in [1.82, 2.24) is 5.32 Å². The van der Waals surface area contributed by atoms with E-state index in [1.54, 1.807) is 7.11 Å². The van der Waals surface area contributed by atoms with E-state index in [9.17, 15) is 13.2 Å². The number of rotatable bonds is 9. The summed E-state index contributed by atoms with van der Waals surface area (Å²) < 4.78 is 46.3. The quantitative estimate of drug-likeness (QED) is 0.712. The highest BCUT2D eigenvalue weighted by Crippen LogP contribution is 2.21. The number of halogens is 3. The molecule has 0 saturated heterocycles. The summed E-state index contributed by atoms with van der Waals surface area (Å²) in [5, 5.41) is 3.17. The van der Waals surface area contributed by atoms with E-state index in [1.165, 1.54) is 0 Å². The molecule has 0 saturated carbocycles. The lowest BCUT2D eigenvalue weighted by Crippen LogP contribution is -2.29. The number of nitrogens with one attached hydrogen (secondary N) is 1. The maximum absolute atomic E-state index is 12.2. The second kappa shape index (κ2) is 9.02. The Morgan fingerprint density at radius 2 is 1.95 bits per heavy atom. The van der Waals surface area contributed by atoms with Crippen molar-refractivity contribution in [3.05, 3.63) is 35.4 Å². The molecule has 0 aliphatic rings. The van der Waals surface area contributed by atoms with Gasteiger partial charge in [-0.3, -0.25) is 0 Å². The number of hydrogen-bond donors (Lipinski definition) is 1. The smallest absolute Gasteiger partial charge is 0.383 e. The van der Waals surface area contributed by atoms with Gasteiger partial charge < -0.3 is 14.8 Å². The van der Waals surface area contributed by atoms with Crippen LogP contribution in [0.3, 0.4) is 0 Å². The highest BCUT2D eigenvalue weighted by Gasteiger charge is 2.28. The van der Waals surface area contributed by atoms with Gasteiger partial charge in [0.05, 0.1) is 13.2 Å². The van der Waals surface area contributed by atoms with Crippen molar-refractivity contribution in [2.75, 3.05) is 40.0 Å². The number of benzene rings is 1. The Labute approximate surface area is 123 Å². The fraction of sp³-hybridized carbons (Fsp3) is 0.600. The van der Waals surface area contributed by atoms with Crippen LogP contribution in [0.4, 0.5) is 13.2 Å². The maximum Gasteiger partial charge on any atom is 0.411 e. The van der Waals surface area contributed by atoms with E-state index in [2.05, 4.69) is 5.32 Å². The number of aryl methyl sites for hydroxylation is 1. The molecule has 0 amide bonds. The first kappa shape index (κ1) is 17.9. The summed E-state index contributed by atoms with van der Waals surface area (Å²) in [5.74, 6) is -0.120. The molecule has 0 aliphatic heterocycles. The SMILES string of the molecule is COCCNCC(COCC(F)(F)F)c1ccccc1C.